The van der Waals surface area contributed by atoms with Crippen LogP contribution in [0.15, 0.2) is 0 Å². The van der Waals surface area contributed by atoms with E-state index in [4.69, 9.17) is 9.47 Å². The molecule has 1 fully saturated rings. The molecule has 5 nitrogen and oxygen atoms in total. The van der Waals surface area contributed by atoms with E-state index in [1.165, 1.54) is 4.90 Å². The largest absolute Gasteiger partial charge is 0.447 e. The number of rotatable bonds is 3. The monoisotopic (exact) mass is 217 g/mol. The van der Waals surface area contributed by atoms with Gasteiger partial charge in [-0.3, -0.25) is 0 Å². The molecular formula is C10H19NO4. The highest BCUT2D eigenvalue weighted by atomic mass is 16.6. The number of carbonyl (C=O) groups excluding carboxylic acids is 1. The van der Waals surface area contributed by atoms with Gasteiger partial charge in [0.1, 0.15) is 6.61 Å². The second-order valence-corrected chi connectivity index (χ2v) is 3.76. The second-order valence-electron chi connectivity index (χ2n) is 3.76. The van der Waals surface area contributed by atoms with E-state index in [1.54, 1.807) is 7.05 Å². The number of aliphatic hydroxyl groups is 1. The van der Waals surface area contributed by atoms with Crippen molar-refractivity contribution in [1.29, 1.82) is 0 Å². The fraction of sp³-hybridized carbons (Fsp3) is 0.900. The molecule has 0 aromatic rings. The predicted octanol–water partition coefficient (Wildman–Crippen LogP) is 0.615. The van der Waals surface area contributed by atoms with E-state index in [2.05, 4.69) is 0 Å². The zero-order valence-corrected chi connectivity index (χ0v) is 9.31. The molecule has 1 aliphatic heterocycles. The summed E-state index contributed by atoms with van der Waals surface area (Å²) in [5, 5.41) is 9.37. The van der Waals surface area contributed by atoms with Crippen LogP contribution < -0.4 is 0 Å². The van der Waals surface area contributed by atoms with Gasteiger partial charge in [-0.25, -0.2) is 4.79 Å². The van der Waals surface area contributed by atoms with Gasteiger partial charge in [-0.05, 0) is 13.3 Å². The average molecular weight is 217 g/mol. The van der Waals surface area contributed by atoms with Gasteiger partial charge in [0, 0.05) is 26.6 Å². The summed E-state index contributed by atoms with van der Waals surface area (Å²) >= 11 is 0. The highest BCUT2D eigenvalue weighted by Gasteiger charge is 2.22. The molecule has 2 atom stereocenters. The lowest BCUT2D eigenvalue weighted by Gasteiger charge is -2.26. The number of hydrogen-bond donors (Lipinski definition) is 1. The molecule has 5 heteroatoms. The van der Waals surface area contributed by atoms with Crippen molar-refractivity contribution in [2.75, 3.05) is 26.8 Å². The van der Waals surface area contributed by atoms with Gasteiger partial charge in [0.25, 0.3) is 0 Å². The fourth-order valence-corrected chi connectivity index (χ4v) is 1.38. The zero-order valence-electron chi connectivity index (χ0n) is 9.31. The minimum atomic E-state index is -0.346. The Kier molecular flexibility index (Phi) is 4.84. The Balaban J connectivity index is 2.21. The van der Waals surface area contributed by atoms with E-state index in [0.29, 0.717) is 26.0 Å². The van der Waals surface area contributed by atoms with Crippen molar-refractivity contribution >= 4 is 6.09 Å². The molecule has 0 bridgehead atoms. The summed E-state index contributed by atoms with van der Waals surface area (Å²) in [6.45, 7) is 3.25. The average Bonchev–Trinajstić information content (AvgIpc) is 2.25. The van der Waals surface area contributed by atoms with E-state index in [-0.39, 0.29) is 24.9 Å². The Bertz CT molecular complexity index is 210. The van der Waals surface area contributed by atoms with E-state index < -0.39 is 0 Å². The molecule has 0 saturated carbocycles. The highest BCUT2D eigenvalue weighted by molar-refractivity contribution is 5.67. The topological polar surface area (TPSA) is 59.0 Å². The van der Waals surface area contributed by atoms with Crippen LogP contribution in [0.2, 0.25) is 0 Å². The zero-order chi connectivity index (χ0) is 11.3. The van der Waals surface area contributed by atoms with Crippen molar-refractivity contribution in [3.8, 4) is 0 Å². The van der Waals surface area contributed by atoms with Crippen molar-refractivity contribution in [2.45, 2.75) is 32.0 Å². The highest BCUT2D eigenvalue weighted by Crippen LogP contribution is 2.14. The van der Waals surface area contributed by atoms with Crippen LogP contribution in [-0.4, -0.2) is 55.1 Å². The van der Waals surface area contributed by atoms with Gasteiger partial charge >= 0.3 is 6.09 Å². The molecule has 1 amide bonds. The van der Waals surface area contributed by atoms with Crippen molar-refractivity contribution in [3.63, 3.8) is 0 Å². The van der Waals surface area contributed by atoms with Crippen molar-refractivity contribution in [2.24, 2.45) is 0 Å². The lowest BCUT2D eigenvalue weighted by atomic mass is 10.1. The summed E-state index contributed by atoms with van der Waals surface area (Å²) in [6.07, 6.45) is 0.373. The fourth-order valence-electron chi connectivity index (χ4n) is 1.38. The maximum absolute atomic E-state index is 11.3. The molecule has 15 heavy (non-hydrogen) atoms. The number of nitrogens with zero attached hydrogens (tertiary/aromatic N) is 1. The molecule has 0 spiro atoms. The molecule has 2 unspecified atom stereocenters. The standard InChI is InChI=1S/C10H19NO4/c1-3-11(2)10(13)15-7-9-6-8(12)4-5-14-9/h8-9,12H,3-7H2,1-2H3. The molecule has 1 heterocycles. The second kappa shape index (κ2) is 5.92. The maximum atomic E-state index is 11.3. The van der Waals surface area contributed by atoms with Crippen LogP contribution in [0, 0.1) is 0 Å². The molecule has 0 aromatic heterocycles. The molecule has 1 N–H and O–H groups in total. The third-order valence-corrected chi connectivity index (χ3v) is 2.52. The van der Waals surface area contributed by atoms with E-state index in [1.807, 2.05) is 6.92 Å². The Hall–Kier alpha value is -0.810. The minimum Gasteiger partial charge on any atom is -0.447 e. The SMILES string of the molecule is CCN(C)C(=O)OCC1CC(O)CCO1. The van der Waals surface area contributed by atoms with Crippen LogP contribution in [0.1, 0.15) is 19.8 Å². The number of ether oxygens (including phenoxy) is 2. The van der Waals surface area contributed by atoms with Gasteiger partial charge in [0.2, 0.25) is 0 Å². The van der Waals surface area contributed by atoms with Gasteiger partial charge in [0.05, 0.1) is 12.2 Å². The number of carbonyl (C=O) groups is 1. The molecule has 1 aliphatic rings. The Morgan fingerprint density at radius 1 is 1.67 bits per heavy atom. The first kappa shape index (κ1) is 12.3. The van der Waals surface area contributed by atoms with E-state index in [9.17, 15) is 9.90 Å². The van der Waals surface area contributed by atoms with Gasteiger partial charge in [-0.1, -0.05) is 0 Å². The lowest BCUT2D eigenvalue weighted by molar-refractivity contribution is -0.0686. The van der Waals surface area contributed by atoms with Gasteiger partial charge in [-0.15, -0.1) is 0 Å². The number of hydrogen-bond acceptors (Lipinski definition) is 4. The summed E-state index contributed by atoms with van der Waals surface area (Å²) in [4.78, 5) is 12.8. The molecule has 1 rings (SSSR count). The first-order valence-corrected chi connectivity index (χ1v) is 5.31. The Morgan fingerprint density at radius 2 is 2.40 bits per heavy atom. The van der Waals surface area contributed by atoms with Crippen molar-refractivity contribution in [1.82, 2.24) is 4.90 Å². The quantitative estimate of drug-likeness (QED) is 0.752. The van der Waals surface area contributed by atoms with E-state index >= 15 is 0 Å². The normalized spacial score (nSPS) is 26.1. The van der Waals surface area contributed by atoms with Crippen LogP contribution in [0.25, 0.3) is 0 Å². The summed E-state index contributed by atoms with van der Waals surface area (Å²) in [5.41, 5.74) is 0. The predicted molar refractivity (Wildman–Crippen MR) is 54.6 cm³/mol. The molecule has 1 saturated heterocycles. The molecule has 0 aliphatic carbocycles. The third kappa shape index (κ3) is 4.05. The molecule has 0 radical (unpaired) electrons. The van der Waals surface area contributed by atoms with Gasteiger partial charge in [-0.2, -0.15) is 0 Å². The third-order valence-electron chi connectivity index (χ3n) is 2.52. The Morgan fingerprint density at radius 3 is 3.00 bits per heavy atom. The Labute approximate surface area is 90.0 Å². The number of aliphatic hydroxyl groups excluding tert-OH is 1. The smallest absolute Gasteiger partial charge is 0.409 e. The summed E-state index contributed by atoms with van der Waals surface area (Å²) in [7, 11) is 1.68. The first-order valence-electron chi connectivity index (χ1n) is 5.31. The van der Waals surface area contributed by atoms with Crippen LogP contribution >= 0.6 is 0 Å². The van der Waals surface area contributed by atoms with Crippen LogP contribution in [0.4, 0.5) is 4.79 Å². The first-order chi connectivity index (χ1) is 7.13. The van der Waals surface area contributed by atoms with Crippen LogP contribution in [-0.2, 0) is 9.47 Å². The minimum absolute atomic E-state index is 0.164. The molecular weight excluding hydrogens is 198 g/mol. The summed E-state index contributed by atoms with van der Waals surface area (Å²) in [5.74, 6) is 0. The van der Waals surface area contributed by atoms with Gasteiger partial charge < -0.3 is 19.5 Å². The summed E-state index contributed by atoms with van der Waals surface area (Å²) < 4.78 is 10.4. The molecule has 0 aromatic carbocycles. The van der Waals surface area contributed by atoms with Crippen molar-refractivity contribution < 1.29 is 19.4 Å². The van der Waals surface area contributed by atoms with Crippen LogP contribution in [0.5, 0.6) is 0 Å². The van der Waals surface area contributed by atoms with Crippen LogP contribution in [0.3, 0.4) is 0 Å². The van der Waals surface area contributed by atoms with Crippen molar-refractivity contribution in [3.05, 3.63) is 0 Å². The lowest BCUT2D eigenvalue weighted by Crippen LogP contribution is -2.35. The maximum Gasteiger partial charge on any atom is 0.409 e. The number of amides is 1. The summed E-state index contributed by atoms with van der Waals surface area (Å²) in [6, 6.07) is 0. The molecule has 88 valence electrons. The van der Waals surface area contributed by atoms with E-state index in [0.717, 1.165) is 0 Å². The van der Waals surface area contributed by atoms with Gasteiger partial charge in [0.15, 0.2) is 0 Å².